The summed E-state index contributed by atoms with van der Waals surface area (Å²) < 4.78 is 10.7. The average molecular weight is 386 g/mol. The van der Waals surface area contributed by atoms with E-state index in [1.807, 2.05) is 42.5 Å². The Morgan fingerprint density at radius 3 is 2.63 bits per heavy atom. The first-order chi connectivity index (χ1) is 13.2. The fraction of sp³-hybridized carbons (Fsp3) is 0.250. The van der Waals surface area contributed by atoms with Crippen molar-refractivity contribution < 1.29 is 13.9 Å². The molecule has 0 saturated carbocycles. The summed E-state index contributed by atoms with van der Waals surface area (Å²) in [7, 11) is 1.63. The van der Waals surface area contributed by atoms with E-state index < -0.39 is 0 Å². The normalized spacial score (nSPS) is 10.6. The van der Waals surface area contributed by atoms with Gasteiger partial charge in [0.1, 0.15) is 5.75 Å². The molecule has 3 rings (SSSR count). The molecule has 140 valence electrons. The van der Waals surface area contributed by atoms with Crippen molar-refractivity contribution in [1.29, 1.82) is 0 Å². The molecule has 2 aromatic carbocycles. The molecule has 3 aromatic rings. The van der Waals surface area contributed by atoms with Crippen LogP contribution >= 0.6 is 11.6 Å². The van der Waals surface area contributed by atoms with Crippen LogP contribution in [0.25, 0.3) is 11.5 Å². The largest absolute Gasteiger partial charge is 0.497 e. The number of aromatic nitrogens is 2. The molecular weight excluding hydrogens is 366 g/mol. The number of amides is 1. The number of nitrogens with one attached hydrogen (secondary N) is 1. The fourth-order valence-electron chi connectivity index (χ4n) is 2.55. The standard InChI is InChI=1S/C20H20ClN3O3/c1-26-15-8-6-14(7-9-15)12-13-22-18(25)10-11-19-23-24-20(27-19)16-4-2-3-5-17(16)21/h2-9H,10-13H2,1H3,(H,22,25). The lowest BCUT2D eigenvalue weighted by atomic mass is 10.1. The number of aryl methyl sites for hydroxylation is 1. The number of benzene rings is 2. The summed E-state index contributed by atoms with van der Waals surface area (Å²) in [6.07, 6.45) is 1.42. The molecule has 1 N–H and O–H groups in total. The van der Waals surface area contributed by atoms with Gasteiger partial charge in [0.15, 0.2) is 0 Å². The molecule has 0 aliphatic heterocycles. The summed E-state index contributed by atoms with van der Waals surface area (Å²) in [6.45, 7) is 0.569. The van der Waals surface area contributed by atoms with Crippen LogP contribution in [0.5, 0.6) is 5.75 Å². The highest BCUT2D eigenvalue weighted by Crippen LogP contribution is 2.26. The molecule has 0 bridgehead atoms. The summed E-state index contributed by atoms with van der Waals surface area (Å²) in [6, 6.07) is 15.0. The molecule has 1 aromatic heterocycles. The molecule has 0 atom stereocenters. The molecule has 0 radical (unpaired) electrons. The number of halogens is 1. The van der Waals surface area contributed by atoms with Crippen LogP contribution in [-0.2, 0) is 17.6 Å². The van der Waals surface area contributed by atoms with Gasteiger partial charge in [-0.05, 0) is 36.2 Å². The molecule has 0 aliphatic rings. The van der Waals surface area contributed by atoms with Crippen LogP contribution < -0.4 is 10.1 Å². The monoisotopic (exact) mass is 385 g/mol. The summed E-state index contributed by atoms with van der Waals surface area (Å²) in [5, 5.41) is 11.4. The highest BCUT2D eigenvalue weighted by atomic mass is 35.5. The van der Waals surface area contributed by atoms with Gasteiger partial charge < -0.3 is 14.5 Å². The summed E-state index contributed by atoms with van der Waals surface area (Å²) in [4.78, 5) is 12.0. The molecule has 7 heteroatoms. The van der Waals surface area contributed by atoms with Crippen molar-refractivity contribution in [3.05, 3.63) is 65.0 Å². The van der Waals surface area contributed by atoms with E-state index in [4.69, 9.17) is 20.8 Å². The van der Waals surface area contributed by atoms with E-state index in [9.17, 15) is 4.79 Å². The summed E-state index contributed by atoms with van der Waals surface area (Å²) >= 11 is 6.12. The SMILES string of the molecule is COc1ccc(CCNC(=O)CCc2nnc(-c3ccccc3Cl)o2)cc1. The van der Waals surface area contributed by atoms with Crippen molar-refractivity contribution in [2.24, 2.45) is 0 Å². The first-order valence-corrected chi connectivity index (χ1v) is 9.00. The zero-order chi connectivity index (χ0) is 19.1. The minimum atomic E-state index is -0.0546. The van der Waals surface area contributed by atoms with Crippen molar-refractivity contribution in [2.75, 3.05) is 13.7 Å². The van der Waals surface area contributed by atoms with Crippen molar-refractivity contribution >= 4 is 17.5 Å². The van der Waals surface area contributed by atoms with E-state index in [2.05, 4.69) is 15.5 Å². The number of nitrogens with zero attached hydrogens (tertiary/aromatic N) is 2. The molecule has 0 fully saturated rings. The molecule has 0 saturated heterocycles. The van der Waals surface area contributed by atoms with Gasteiger partial charge in [0.05, 0.1) is 17.7 Å². The lowest BCUT2D eigenvalue weighted by Crippen LogP contribution is -2.25. The second-order valence-electron chi connectivity index (χ2n) is 5.93. The maximum atomic E-state index is 12.0. The van der Waals surface area contributed by atoms with Gasteiger partial charge in [0, 0.05) is 19.4 Å². The van der Waals surface area contributed by atoms with Gasteiger partial charge in [-0.3, -0.25) is 4.79 Å². The third-order valence-electron chi connectivity index (χ3n) is 4.03. The van der Waals surface area contributed by atoms with Crippen LogP contribution in [0.3, 0.4) is 0 Å². The number of carbonyl (C=O) groups is 1. The molecule has 27 heavy (non-hydrogen) atoms. The Morgan fingerprint density at radius 2 is 1.89 bits per heavy atom. The number of hydrogen-bond acceptors (Lipinski definition) is 5. The van der Waals surface area contributed by atoms with Crippen molar-refractivity contribution in [3.63, 3.8) is 0 Å². The minimum Gasteiger partial charge on any atom is -0.497 e. The molecule has 6 nitrogen and oxygen atoms in total. The van der Waals surface area contributed by atoms with Gasteiger partial charge in [0.25, 0.3) is 0 Å². The average Bonchev–Trinajstić information content (AvgIpc) is 3.16. The van der Waals surface area contributed by atoms with Gasteiger partial charge >= 0.3 is 0 Å². The van der Waals surface area contributed by atoms with Crippen molar-refractivity contribution in [2.45, 2.75) is 19.3 Å². The minimum absolute atomic E-state index is 0.0546. The first-order valence-electron chi connectivity index (χ1n) is 8.62. The summed E-state index contributed by atoms with van der Waals surface area (Å²) in [5.41, 5.74) is 1.82. The second-order valence-corrected chi connectivity index (χ2v) is 6.34. The van der Waals surface area contributed by atoms with Crippen LogP contribution in [0.1, 0.15) is 17.9 Å². The van der Waals surface area contributed by atoms with Gasteiger partial charge in [-0.1, -0.05) is 35.9 Å². The second kappa shape index (κ2) is 9.19. The number of hydrogen-bond donors (Lipinski definition) is 1. The van der Waals surface area contributed by atoms with E-state index in [1.54, 1.807) is 13.2 Å². The maximum Gasteiger partial charge on any atom is 0.249 e. The van der Waals surface area contributed by atoms with E-state index in [0.717, 1.165) is 17.7 Å². The quantitative estimate of drug-likeness (QED) is 0.639. The Bertz CT molecular complexity index is 893. The predicted molar refractivity (Wildman–Crippen MR) is 103 cm³/mol. The Morgan fingerprint density at radius 1 is 1.11 bits per heavy atom. The number of rotatable bonds is 8. The molecule has 1 heterocycles. The van der Waals surface area contributed by atoms with Crippen LogP contribution in [0, 0.1) is 0 Å². The molecule has 0 aliphatic carbocycles. The van der Waals surface area contributed by atoms with Gasteiger partial charge in [-0.25, -0.2) is 0 Å². The zero-order valence-electron chi connectivity index (χ0n) is 14.9. The smallest absolute Gasteiger partial charge is 0.249 e. The predicted octanol–water partition coefficient (Wildman–Crippen LogP) is 3.69. The lowest BCUT2D eigenvalue weighted by Gasteiger charge is -2.05. The van der Waals surface area contributed by atoms with Gasteiger partial charge in [0.2, 0.25) is 17.7 Å². The fourth-order valence-corrected chi connectivity index (χ4v) is 2.76. The lowest BCUT2D eigenvalue weighted by molar-refractivity contribution is -0.121. The van der Waals surface area contributed by atoms with E-state index in [1.165, 1.54) is 0 Å². The molecule has 0 spiro atoms. The Labute approximate surface area is 162 Å². The Kier molecular flexibility index (Phi) is 6.44. The van der Waals surface area contributed by atoms with Crippen LogP contribution in [0.15, 0.2) is 52.9 Å². The first kappa shape index (κ1) is 18.9. The van der Waals surface area contributed by atoms with E-state index >= 15 is 0 Å². The number of methoxy groups -OCH3 is 1. The van der Waals surface area contributed by atoms with Crippen molar-refractivity contribution in [1.82, 2.24) is 15.5 Å². The Hall–Kier alpha value is -2.86. The third kappa shape index (κ3) is 5.31. The van der Waals surface area contributed by atoms with Gasteiger partial charge in [-0.15, -0.1) is 10.2 Å². The summed E-state index contributed by atoms with van der Waals surface area (Å²) in [5.74, 6) is 1.53. The van der Waals surface area contributed by atoms with E-state index in [-0.39, 0.29) is 12.3 Å². The zero-order valence-corrected chi connectivity index (χ0v) is 15.7. The molecular formula is C20H20ClN3O3. The van der Waals surface area contributed by atoms with Gasteiger partial charge in [-0.2, -0.15) is 0 Å². The number of carbonyl (C=O) groups excluding carboxylic acids is 1. The molecule has 1 amide bonds. The van der Waals surface area contributed by atoms with Crippen LogP contribution in [0.2, 0.25) is 5.02 Å². The molecule has 0 unspecified atom stereocenters. The maximum absolute atomic E-state index is 12.0. The van der Waals surface area contributed by atoms with Crippen LogP contribution in [-0.4, -0.2) is 29.8 Å². The highest BCUT2D eigenvalue weighted by Gasteiger charge is 2.12. The topological polar surface area (TPSA) is 77.2 Å². The number of ether oxygens (including phenoxy) is 1. The Balaban J connectivity index is 1.43. The third-order valence-corrected chi connectivity index (χ3v) is 4.36. The van der Waals surface area contributed by atoms with Crippen molar-refractivity contribution in [3.8, 4) is 17.2 Å². The van der Waals surface area contributed by atoms with Crippen LogP contribution in [0.4, 0.5) is 0 Å². The highest BCUT2D eigenvalue weighted by molar-refractivity contribution is 6.33. The van der Waals surface area contributed by atoms with E-state index in [0.29, 0.717) is 35.3 Å².